The summed E-state index contributed by atoms with van der Waals surface area (Å²) in [6.07, 6.45) is 5.97. The number of hydrogen-bond donors (Lipinski definition) is 0. The minimum Gasteiger partial charge on any atom is -0.339 e. The molecule has 4 heteroatoms. The van der Waals surface area contributed by atoms with E-state index in [1.165, 1.54) is 5.56 Å². The molecule has 0 N–H and O–H groups in total. The minimum atomic E-state index is 0.135. The highest BCUT2D eigenvalue weighted by molar-refractivity contribution is 5.94. The Labute approximate surface area is 189 Å². The summed E-state index contributed by atoms with van der Waals surface area (Å²) in [6.45, 7) is 2.55. The third kappa shape index (κ3) is 4.35. The third-order valence-corrected chi connectivity index (χ3v) is 6.34. The van der Waals surface area contributed by atoms with Crippen LogP contribution >= 0.6 is 0 Å². The summed E-state index contributed by atoms with van der Waals surface area (Å²) < 4.78 is 2.25. The zero-order valence-electron chi connectivity index (χ0n) is 18.1. The van der Waals surface area contributed by atoms with Gasteiger partial charge in [0.1, 0.15) is 5.82 Å². The molecule has 0 aliphatic carbocycles. The van der Waals surface area contributed by atoms with Gasteiger partial charge in [-0.25, -0.2) is 4.98 Å². The standard InChI is InChI=1S/C28H27N3O/c32-28(26-13-11-24(12-14-26)23-7-3-1-4-8-23)30-18-15-22(16-19-30)21-31-20-17-29-27(31)25-9-5-2-6-10-25/h1-14,17,20,22H,15-16,18-19,21H2. The second kappa shape index (κ2) is 9.23. The van der Waals surface area contributed by atoms with Gasteiger partial charge in [0, 0.05) is 43.2 Å². The van der Waals surface area contributed by atoms with E-state index in [1.807, 2.05) is 71.8 Å². The van der Waals surface area contributed by atoms with Crippen molar-refractivity contribution < 1.29 is 4.79 Å². The Kier molecular flexibility index (Phi) is 5.84. The van der Waals surface area contributed by atoms with Crippen LogP contribution in [0.25, 0.3) is 22.5 Å². The number of carbonyl (C=O) groups is 1. The molecule has 1 aromatic heterocycles. The summed E-state index contributed by atoms with van der Waals surface area (Å²) in [5.41, 5.74) is 4.21. The van der Waals surface area contributed by atoms with Crippen molar-refractivity contribution in [3.8, 4) is 22.5 Å². The van der Waals surface area contributed by atoms with Crippen LogP contribution in [0.5, 0.6) is 0 Å². The van der Waals surface area contributed by atoms with Gasteiger partial charge in [0.25, 0.3) is 5.91 Å². The molecule has 0 unspecified atom stereocenters. The number of aromatic nitrogens is 2. The Balaban J connectivity index is 1.19. The maximum absolute atomic E-state index is 13.0. The quantitative estimate of drug-likeness (QED) is 0.410. The van der Waals surface area contributed by atoms with Gasteiger partial charge in [-0.2, -0.15) is 0 Å². The van der Waals surface area contributed by atoms with Crippen LogP contribution in [-0.4, -0.2) is 33.4 Å². The molecule has 1 aliphatic heterocycles. The number of nitrogens with zero attached hydrogens (tertiary/aromatic N) is 3. The van der Waals surface area contributed by atoms with Gasteiger partial charge >= 0.3 is 0 Å². The molecule has 1 amide bonds. The van der Waals surface area contributed by atoms with Crippen LogP contribution < -0.4 is 0 Å². The highest BCUT2D eigenvalue weighted by Crippen LogP contribution is 2.25. The lowest BCUT2D eigenvalue weighted by Gasteiger charge is -2.32. The number of hydrogen-bond acceptors (Lipinski definition) is 2. The van der Waals surface area contributed by atoms with E-state index in [2.05, 4.69) is 40.0 Å². The smallest absolute Gasteiger partial charge is 0.253 e. The summed E-state index contributed by atoms with van der Waals surface area (Å²) in [6, 6.07) is 28.6. The number of likely N-dealkylation sites (tertiary alicyclic amines) is 1. The van der Waals surface area contributed by atoms with Crippen LogP contribution in [-0.2, 0) is 6.54 Å². The molecule has 2 heterocycles. The first-order chi connectivity index (χ1) is 15.8. The van der Waals surface area contributed by atoms with Crippen molar-refractivity contribution in [3.05, 3.63) is 103 Å². The van der Waals surface area contributed by atoms with E-state index in [1.54, 1.807) is 0 Å². The summed E-state index contributed by atoms with van der Waals surface area (Å²) in [7, 11) is 0. The van der Waals surface area contributed by atoms with Crippen molar-refractivity contribution in [2.24, 2.45) is 5.92 Å². The van der Waals surface area contributed by atoms with Crippen LogP contribution in [0.15, 0.2) is 97.3 Å². The lowest BCUT2D eigenvalue weighted by atomic mass is 9.95. The Bertz CT molecular complexity index is 1160. The van der Waals surface area contributed by atoms with E-state index in [4.69, 9.17) is 0 Å². The second-order valence-corrected chi connectivity index (χ2v) is 8.45. The highest BCUT2D eigenvalue weighted by atomic mass is 16.2. The van der Waals surface area contributed by atoms with E-state index in [0.717, 1.165) is 55.0 Å². The Morgan fingerprint density at radius 3 is 2.03 bits per heavy atom. The molecule has 0 saturated carbocycles. The Morgan fingerprint density at radius 1 is 0.781 bits per heavy atom. The predicted molar refractivity (Wildman–Crippen MR) is 128 cm³/mol. The number of imidazole rings is 1. The van der Waals surface area contributed by atoms with Crippen molar-refractivity contribution in [3.63, 3.8) is 0 Å². The number of amides is 1. The van der Waals surface area contributed by atoms with Crippen molar-refractivity contribution in [2.45, 2.75) is 19.4 Å². The fourth-order valence-corrected chi connectivity index (χ4v) is 4.52. The maximum Gasteiger partial charge on any atom is 0.253 e. The van der Waals surface area contributed by atoms with Gasteiger partial charge in [0.05, 0.1) is 0 Å². The number of rotatable bonds is 5. The molecule has 1 saturated heterocycles. The molecule has 32 heavy (non-hydrogen) atoms. The monoisotopic (exact) mass is 421 g/mol. The lowest BCUT2D eigenvalue weighted by molar-refractivity contribution is 0.0683. The van der Waals surface area contributed by atoms with Gasteiger partial charge in [-0.05, 0) is 42.0 Å². The molecule has 0 bridgehead atoms. The summed E-state index contributed by atoms with van der Waals surface area (Å²) in [5, 5.41) is 0. The molecular weight excluding hydrogens is 394 g/mol. The van der Waals surface area contributed by atoms with Crippen LogP contribution in [0.3, 0.4) is 0 Å². The molecule has 4 aromatic rings. The van der Waals surface area contributed by atoms with Crippen LogP contribution in [0.1, 0.15) is 23.2 Å². The average Bonchev–Trinajstić information content (AvgIpc) is 3.33. The van der Waals surface area contributed by atoms with E-state index < -0.39 is 0 Å². The first kappa shape index (κ1) is 20.3. The van der Waals surface area contributed by atoms with Gasteiger partial charge in [-0.1, -0.05) is 72.8 Å². The molecule has 5 rings (SSSR count). The molecule has 1 aliphatic rings. The SMILES string of the molecule is O=C(c1ccc(-c2ccccc2)cc1)N1CCC(Cn2ccnc2-c2ccccc2)CC1. The second-order valence-electron chi connectivity index (χ2n) is 8.45. The number of piperidine rings is 1. The van der Waals surface area contributed by atoms with Gasteiger partial charge in [0.15, 0.2) is 0 Å². The molecule has 3 aromatic carbocycles. The zero-order valence-corrected chi connectivity index (χ0v) is 18.1. The van der Waals surface area contributed by atoms with Gasteiger partial charge in [0.2, 0.25) is 0 Å². The molecule has 0 radical (unpaired) electrons. The fraction of sp³-hybridized carbons (Fsp3) is 0.214. The summed E-state index contributed by atoms with van der Waals surface area (Å²) >= 11 is 0. The number of carbonyl (C=O) groups excluding carboxylic acids is 1. The van der Waals surface area contributed by atoms with Crippen LogP contribution in [0.2, 0.25) is 0 Å². The van der Waals surface area contributed by atoms with E-state index in [9.17, 15) is 4.79 Å². The average molecular weight is 422 g/mol. The normalized spacial score (nSPS) is 14.4. The van der Waals surface area contributed by atoms with Gasteiger partial charge in [-0.3, -0.25) is 4.79 Å². The topological polar surface area (TPSA) is 38.1 Å². The maximum atomic E-state index is 13.0. The first-order valence-electron chi connectivity index (χ1n) is 11.3. The summed E-state index contributed by atoms with van der Waals surface area (Å²) in [4.78, 5) is 19.6. The first-order valence-corrected chi connectivity index (χ1v) is 11.3. The third-order valence-electron chi connectivity index (χ3n) is 6.34. The highest BCUT2D eigenvalue weighted by Gasteiger charge is 2.24. The van der Waals surface area contributed by atoms with E-state index in [-0.39, 0.29) is 5.91 Å². The molecule has 4 nitrogen and oxygen atoms in total. The Morgan fingerprint density at radius 2 is 1.38 bits per heavy atom. The zero-order chi connectivity index (χ0) is 21.8. The summed E-state index contributed by atoms with van der Waals surface area (Å²) in [5.74, 6) is 1.70. The molecule has 160 valence electrons. The van der Waals surface area contributed by atoms with Crippen molar-refractivity contribution in [1.29, 1.82) is 0 Å². The van der Waals surface area contributed by atoms with Crippen molar-refractivity contribution in [1.82, 2.24) is 14.5 Å². The molecule has 0 spiro atoms. The molecular formula is C28H27N3O. The van der Waals surface area contributed by atoms with E-state index in [0.29, 0.717) is 5.92 Å². The largest absolute Gasteiger partial charge is 0.339 e. The van der Waals surface area contributed by atoms with E-state index >= 15 is 0 Å². The lowest BCUT2D eigenvalue weighted by Crippen LogP contribution is -2.39. The minimum absolute atomic E-state index is 0.135. The van der Waals surface area contributed by atoms with Crippen molar-refractivity contribution >= 4 is 5.91 Å². The van der Waals surface area contributed by atoms with Crippen molar-refractivity contribution in [2.75, 3.05) is 13.1 Å². The fourth-order valence-electron chi connectivity index (χ4n) is 4.52. The van der Waals surface area contributed by atoms with Gasteiger partial charge in [-0.15, -0.1) is 0 Å². The molecule has 1 fully saturated rings. The Hall–Kier alpha value is -3.66. The predicted octanol–water partition coefficient (Wildman–Crippen LogP) is 5.77. The van der Waals surface area contributed by atoms with Crippen LogP contribution in [0.4, 0.5) is 0 Å². The van der Waals surface area contributed by atoms with Gasteiger partial charge < -0.3 is 9.47 Å². The molecule has 0 atom stereocenters. The van der Waals surface area contributed by atoms with Crippen LogP contribution in [0, 0.1) is 5.92 Å². The number of benzene rings is 3.